The fraction of sp³-hybridized carbons (Fsp3) is 0.417. The molecule has 0 heterocycles. The molecule has 3 nitrogen and oxygen atoms in total. The minimum absolute atomic E-state index is 0.262. The number of carbonyl (C=O) groups is 1. The van der Waals surface area contributed by atoms with Crippen LogP contribution in [0, 0.1) is 13.8 Å². The topological polar surface area (TPSA) is 52.3 Å². The molecular weight excluding hydrogens is 190 g/mol. The number of nitrogens with two attached hydrogens (primary N) is 1. The first kappa shape index (κ1) is 11.7. The maximum Gasteiger partial charge on any atom is 0.338 e. The lowest BCUT2D eigenvalue weighted by molar-refractivity contribution is 0.0525. The molecule has 82 valence electrons. The van der Waals surface area contributed by atoms with E-state index in [1.54, 1.807) is 6.92 Å². The third-order valence-electron chi connectivity index (χ3n) is 2.40. The van der Waals surface area contributed by atoms with E-state index in [1.165, 1.54) is 0 Å². The molecule has 0 aliphatic heterocycles. The maximum atomic E-state index is 11.6. The maximum absolute atomic E-state index is 11.6. The number of rotatable bonds is 3. The van der Waals surface area contributed by atoms with Crippen LogP contribution in [0.4, 0.5) is 0 Å². The molecule has 0 saturated heterocycles. The van der Waals surface area contributed by atoms with Gasteiger partial charge in [-0.15, -0.1) is 0 Å². The van der Waals surface area contributed by atoms with Crippen molar-refractivity contribution < 1.29 is 9.53 Å². The smallest absolute Gasteiger partial charge is 0.338 e. The molecule has 1 rings (SSSR count). The standard InChI is InChI=1S/C12H17NO2/c1-4-15-12(14)11-6-8(2)10(7-13)5-9(11)3/h5-6H,4,7,13H2,1-3H3. The number of carbonyl (C=O) groups excluding carboxylic acids is 1. The number of hydrogen-bond acceptors (Lipinski definition) is 3. The SMILES string of the molecule is CCOC(=O)c1cc(C)c(CN)cc1C. The largest absolute Gasteiger partial charge is 0.462 e. The zero-order valence-corrected chi connectivity index (χ0v) is 9.46. The molecule has 1 aromatic carbocycles. The number of ether oxygens (including phenoxy) is 1. The van der Waals surface area contributed by atoms with Gasteiger partial charge in [-0.1, -0.05) is 6.07 Å². The van der Waals surface area contributed by atoms with Gasteiger partial charge in [0, 0.05) is 6.54 Å². The van der Waals surface area contributed by atoms with Crippen LogP contribution in [0.2, 0.25) is 0 Å². The van der Waals surface area contributed by atoms with Gasteiger partial charge in [0.25, 0.3) is 0 Å². The highest BCUT2D eigenvalue weighted by atomic mass is 16.5. The Morgan fingerprint density at radius 2 is 2.00 bits per heavy atom. The summed E-state index contributed by atoms with van der Waals surface area (Å²) < 4.78 is 4.97. The van der Waals surface area contributed by atoms with E-state index in [2.05, 4.69) is 0 Å². The first-order chi connectivity index (χ1) is 7.10. The van der Waals surface area contributed by atoms with Crippen molar-refractivity contribution >= 4 is 5.97 Å². The molecule has 0 atom stereocenters. The summed E-state index contributed by atoms with van der Waals surface area (Å²) in [5.74, 6) is -0.262. The van der Waals surface area contributed by atoms with Gasteiger partial charge in [-0.3, -0.25) is 0 Å². The average molecular weight is 207 g/mol. The highest BCUT2D eigenvalue weighted by Gasteiger charge is 2.11. The summed E-state index contributed by atoms with van der Waals surface area (Å²) in [5, 5.41) is 0. The van der Waals surface area contributed by atoms with E-state index in [0.717, 1.165) is 16.7 Å². The van der Waals surface area contributed by atoms with Crippen molar-refractivity contribution in [1.82, 2.24) is 0 Å². The average Bonchev–Trinajstić information content (AvgIpc) is 2.21. The molecule has 15 heavy (non-hydrogen) atoms. The van der Waals surface area contributed by atoms with Gasteiger partial charge < -0.3 is 10.5 Å². The molecule has 0 radical (unpaired) electrons. The van der Waals surface area contributed by atoms with E-state index in [1.807, 2.05) is 26.0 Å². The van der Waals surface area contributed by atoms with Crippen LogP contribution in [-0.2, 0) is 11.3 Å². The molecule has 0 aliphatic carbocycles. The molecule has 3 heteroatoms. The second-order valence-electron chi connectivity index (χ2n) is 3.52. The zero-order valence-electron chi connectivity index (χ0n) is 9.46. The van der Waals surface area contributed by atoms with Crippen LogP contribution in [0.1, 0.15) is 34.0 Å². The predicted octanol–water partition coefficient (Wildman–Crippen LogP) is 1.94. The van der Waals surface area contributed by atoms with Gasteiger partial charge >= 0.3 is 5.97 Å². The molecule has 0 saturated carbocycles. The summed E-state index contributed by atoms with van der Waals surface area (Å²) in [5.41, 5.74) is 9.24. The molecule has 0 bridgehead atoms. The second kappa shape index (κ2) is 4.94. The zero-order chi connectivity index (χ0) is 11.4. The highest BCUT2D eigenvalue weighted by Crippen LogP contribution is 2.16. The Bertz CT molecular complexity index is 372. The first-order valence-corrected chi connectivity index (χ1v) is 5.07. The van der Waals surface area contributed by atoms with E-state index in [4.69, 9.17) is 10.5 Å². The Labute approximate surface area is 90.2 Å². The first-order valence-electron chi connectivity index (χ1n) is 5.07. The summed E-state index contributed by atoms with van der Waals surface area (Å²) >= 11 is 0. The lowest BCUT2D eigenvalue weighted by Crippen LogP contribution is -2.09. The molecule has 2 N–H and O–H groups in total. The molecule has 0 amide bonds. The highest BCUT2D eigenvalue weighted by molar-refractivity contribution is 5.91. The molecule has 0 fully saturated rings. The van der Waals surface area contributed by atoms with Gasteiger partial charge in [-0.05, 0) is 43.5 Å². The molecule has 1 aromatic rings. The van der Waals surface area contributed by atoms with E-state index >= 15 is 0 Å². The van der Waals surface area contributed by atoms with Crippen molar-refractivity contribution in [1.29, 1.82) is 0 Å². The van der Waals surface area contributed by atoms with Crippen molar-refractivity contribution in [3.8, 4) is 0 Å². The van der Waals surface area contributed by atoms with Crippen molar-refractivity contribution in [2.24, 2.45) is 5.73 Å². The monoisotopic (exact) mass is 207 g/mol. The van der Waals surface area contributed by atoms with Gasteiger partial charge in [-0.2, -0.15) is 0 Å². The lowest BCUT2D eigenvalue weighted by atomic mass is 10.00. The molecule has 0 spiro atoms. The van der Waals surface area contributed by atoms with E-state index in [0.29, 0.717) is 18.7 Å². The van der Waals surface area contributed by atoms with Crippen LogP contribution in [0.5, 0.6) is 0 Å². The Kier molecular flexibility index (Phi) is 3.86. The van der Waals surface area contributed by atoms with E-state index < -0.39 is 0 Å². The van der Waals surface area contributed by atoms with Crippen LogP contribution in [0.15, 0.2) is 12.1 Å². The Hall–Kier alpha value is -1.35. The second-order valence-corrected chi connectivity index (χ2v) is 3.52. The molecule has 0 unspecified atom stereocenters. The van der Waals surface area contributed by atoms with Crippen LogP contribution in [-0.4, -0.2) is 12.6 Å². The summed E-state index contributed by atoms with van der Waals surface area (Å²) in [6, 6.07) is 3.79. The lowest BCUT2D eigenvalue weighted by Gasteiger charge is -2.10. The van der Waals surface area contributed by atoms with Gasteiger partial charge in [-0.25, -0.2) is 4.79 Å². The minimum Gasteiger partial charge on any atom is -0.462 e. The van der Waals surface area contributed by atoms with Crippen molar-refractivity contribution in [2.75, 3.05) is 6.61 Å². The van der Waals surface area contributed by atoms with Crippen LogP contribution < -0.4 is 5.73 Å². The van der Waals surface area contributed by atoms with Gasteiger partial charge in [0.1, 0.15) is 0 Å². The van der Waals surface area contributed by atoms with Crippen LogP contribution >= 0.6 is 0 Å². The quantitative estimate of drug-likeness (QED) is 0.770. The van der Waals surface area contributed by atoms with Crippen molar-refractivity contribution in [3.63, 3.8) is 0 Å². The summed E-state index contributed by atoms with van der Waals surface area (Å²) in [6.07, 6.45) is 0. The number of hydrogen-bond donors (Lipinski definition) is 1. The normalized spacial score (nSPS) is 10.1. The Balaban J connectivity index is 3.10. The number of aryl methyl sites for hydroxylation is 2. The summed E-state index contributed by atoms with van der Waals surface area (Å²) in [4.78, 5) is 11.6. The number of esters is 1. The fourth-order valence-electron chi connectivity index (χ4n) is 1.52. The summed E-state index contributed by atoms with van der Waals surface area (Å²) in [7, 11) is 0. The van der Waals surface area contributed by atoms with E-state index in [9.17, 15) is 4.79 Å². The fourth-order valence-corrected chi connectivity index (χ4v) is 1.52. The van der Waals surface area contributed by atoms with Crippen molar-refractivity contribution in [3.05, 3.63) is 34.4 Å². The Morgan fingerprint density at radius 1 is 1.33 bits per heavy atom. The molecule has 0 aromatic heterocycles. The number of benzene rings is 1. The van der Waals surface area contributed by atoms with Gasteiger partial charge in [0.15, 0.2) is 0 Å². The third kappa shape index (κ3) is 2.57. The molecule has 0 aliphatic rings. The van der Waals surface area contributed by atoms with Gasteiger partial charge in [0.2, 0.25) is 0 Å². The third-order valence-corrected chi connectivity index (χ3v) is 2.40. The Morgan fingerprint density at radius 3 is 2.53 bits per heavy atom. The summed E-state index contributed by atoms with van der Waals surface area (Å²) in [6.45, 7) is 6.54. The minimum atomic E-state index is -0.262. The van der Waals surface area contributed by atoms with Crippen molar-refractivity contribution in [2.45, 2.75) is 27.3 Å². The van der Waals surface area contributed by atoms with Crippen LogP contribution in [0.3, 0.4) is 0 Å². The van der Waals surface area contributed by atoms with Gasteiger partial charge in [0.05, 0.1) is 12.2 Å². The van der Waals surface area contributed by atoms with Crippen LogP contribution in [0.25, 0.3) is 0 Å². The van der Waals surface area contributed by atoms with E-state index in [-0.39, 0.29) is 5.97 Å². The molecular formula is C12H17NO2. The predicted molar refractivity (Wildman–Crippen MR) is 59.8 cm³/mol.